The van der Waals surface area contributed by atoms with E-state index < -0.39 is 6.43 Å². The van der Waals surface area contributed by atoms with Crippen LogP contribution in [0.1, 0.15) is 28.9 Å². The Kier molecular flexibility index (Phi) is 5.74. The molecule has 1 aromatic carbocycles. The molecule has 1 aliphatic heterocycles. The summed E-state index contributed by atoms with van der Waals surface area (Å²) in [6.07, 6.45) is -2.53. The molecule has 4 rings (SSSR count). The number of rotatable bonds is 6. The molecule has 1 aliphatic rings. The molecule has 1 amide bonds. The van der Waals surface area contributed by atoms with Crippen LogP contribution in [0.15, 0.2) is 30.3 Å². The first-order valence-corrected chi connectivity index (χ1v) is 9.71. The minimum Gasteiger partial charge on any atom is -0.470 e. The van der Waals surface area contributed by atoms with E-state index in [0.29, 0.717) is 41.9 Å². The van der Waals surface area contributed by atoms with Crippen molar-refractivity contribution in [3.63, 3.8) is 0 Å². The lowest BCUT2D eigenvalue weighted by molar-refractivity contribution is -0.120. The third kappa shape index (κ3) is 4.44. The molecule has 0 radical (unpaired) electrons. The number of hydrogen-bond donors (Lipinski definition) is 1. The molecule has 0 spiro atoms. The number of halogens is 2. The molecule has 11 heteroatoms. The second kappa shape index (κ2) is 8.62. The zero-order valence-electron chi connectivity index (χ0n) is 17.0. The fourth-order valence-electron chi connectivity index (χ4n) is 3.24. The smallest absolute Gasteiger partial charge is 0.263 e. The third-order valence-corrected chi connectivity index (χ3v) is 4.98. The molecule has 3 heterocycles. The van der Waals surface area contributed by atoms with Crippen LogP contribution < -0.4 is 15.0 Å². The van der Waals surface area contributed by atoms with Crippen molar-refractivity contribution in [1.29, 1.82) is 0 Å². The van der Waals surface area contributed by atoms with Crippen LogP contribution in [0.4, 0.5) is 14.6 Å². The normalized spacial score (nSPS) is 14.1. The molecule has 1 N–H and O–H groups in total. The molecule has 2 aromatic heterocycles. The average molecular weight is 429 g/mol. The maximum absolute atomic E-state index is 12.8. The van der Waals surface area contributed by atoms with Gasteiger partial charge in [-0.15, -0.1) is 15.3 Å². The van der Waals surface area contributed by atoms with Gasteiger partial charge in [0.25, 0.3) is 6.43 Å². The van der Waals surface area contributed by atoms with E-state index in [1.165, 1.54) is 12.1 Å². The van der Waals surface area contributed by atoms with Crippen molar-refractivity contribution in [3.05, 3.63) is 52.8 Å². The van der Waals surface area contributed by atoms with E-state index in [9.17, 15) is 13.6 Å². The molecule has 0 aliphatic carbocycles. The lowest BCUT2D eigenvalue weighted by atomic mass is 10.2. The second-order valence-electron chi connectivity index (χ2n) is 7.18. The van der Waals surface area contributed by atoms with Gasteiger partial charge >= 0.3 is 0 Å². The van der Waals surface area contributed by atoms with Gasteiger partial charge in [-0.05, 0) is 32.0 Å². The van der Waals surface area contributed by atoms with Gasteiger partial charge in [0.05, 0.1) is 17.9 Å². The number of carbonyl (C=O) groups excluding carboxylic acids is 1. The molecule has 31 heavy (non-hydrogen) atoms. The number of ether oxygens (including phenoxy) is 1. The summed E-state index contributed by atoms with van der Waals surface area (Å²) in [5.41, 5.74) is 2.64. The van der Waals surface area contributed by atoms with Crippen LogP contribution in [0.2, 0.25) is 0 Å². The van der Waals surface area contributed by atoms with Crippen LogP contribution in [-0.2, 0) is 11.4 Å². The highest BCUT2D eigenvalue weighted by Gasteiger charge is 2.19. The fraction of sp³-hybridized carbons (Fsp3) is 0.350. The molecule has 0 bridgehead atoms. The summed E-state index contributed by atoms with van der Waals surface area (Å²) >= 11 is 0. The van der Waals surface area contributed by atoms with Crippen LogP contribution in [0.25, 0.3) is 5.69 Å². The number of alkyl halides is 2. The molecule has 1 fully saturated rings. The standard InChI is InChI=1S/C20H21F2N7O2/c1-12-9-17(28-8-7-23-18(30)10-28)25-26-20(12)31-11-16-13(2)24-27-29(16)15-5-3-14(4-6-15)19(21)22/h3-6,9,19H,7-8,10-11H2,1-2H3,(H,23,30). The summed E-state index contributed by atoms with van der Waals surface area (Å²) in [6.45, 7) is 5.22. The molecule has 162 valence electrons. The first kappa shape index (κ1) is 20.6. The van der Waals surface area contributed by atoms with E-state index in [2.05, 4.69) is 25.8 Å². The number of amides is 1. The molecule has 0 unspecified atom stereocenters. The summed E-state index contributed by atoms with van der Waals surface area (Å²) in [4.78, 5) is 13.4. The highest BCUT2D eigenvalue weighted by Crippen LogP contribution is 2.23. The van der Waals surface area contributed by atoms with E-state index in [1.54, 1.807) is 23.7 Å². The van der Waals surface area contributed by atoms with E-state index in [0.717, 1.165) is 5.56 Å². The molecule has 0 saturated carbocycles. The summed E-state index contributed by atoms with van der Waals surface area (Å²) in [6, 6.07) is 7.67. The van der Waals surface area contributed by atoms with Gasteiger partial charge in [-0.3, -0.25) is 4.79 Å². The Morgan fingerprint density at radius 1 is 1.16 bits per heavy atom. The monoisotopic (exact) mass is 429 g/mol. The summed E-state index contributed by atoms with van der Waals surface area (Å²) < 4.78 is 33.0. The molecule has 1 saturated heterocycles. The van der Waals surface area contributed by atoms with Gasteiger partial charge in [-0.25, -0.2) is 13.5 Å². The topological polar surface area (TPSA) is 98.1 Å². The van der Waals surface area contributed by atoms with Crippen molar-refractivity contribution in [2.75, 3.05) is 24.5 Å². The minimum absolute atomic E-state index is 0.0520. The van der Waals surface area contributed by atoms with Crippen molar-refractivity contribution in [2.24, 2.45) is 0 Å². The Labute approximate surface area is 177 Å². The molecular weight excluding hydrogens is 408 g/mol. The lowest BCUT2D eigenvalue weighted by Crippen LogP contribution is -2.48. The van der Waals surface area contributed by atoms with E-state index in [1.807, 2.05) is 17.9 Å². The minimum atomic E-state index is -2.53. The second-order valence-corrected chi connectivity index (χ2v) is 7.18. The number of aryl methyl sites for hydroxylation is 2. The van der Waals surface area contributed by atoms with Gasteiger partial charge in [0.1, 0.15) is 12.3 Å². The van der Waals surface area contributed by atoms with Crippen LogP contribution in [0.5, 0.6) is 5.88 Å². The lowest BCUT2D eigenvalue weighted by Gasteiger charge is -2.27. The van der Waals surface area contributed by atoms with E-state index >= 15 is 0 Å². The summed E-state index contributed by atoms with van der Waals surface area (Å²) in [5.74, 6) is 0.913. The van der Waals surface area contributed by atoms with Gasteiger partial charge in [0.15, 0.2) is 5.82 Å². The number of piperazine rings is 1. The zero-order valence-corrected chi connectivity index (χ0v) is 17.0. The maximum atomic E-state index is 12.8. The van der Waals surface area contributed by atoms with Crippen LogP contribution in [0, 0.1) is 13.8 Å². The van der Waals surface area contributed by atoms with Gasteiger partial charge in [0, 0.05) is 24.2 Å². The van der Waals surface area contributed by atoms with Crippen molar-refractivity contribution >= 4 is 11.7 Å². The van der Waals surface area contributed by atoms with Crippen molar-refractivity contribution in [1.82, 2.24) is 30.5 Å². The van der Waals surface area contributed by atoms with Gasteiger partial charge < -0.3 is 15.0 Å². The highest BCUT2D eigenvalue weighted by atomic mass is 19.3. The predicted octanol–water partition coefficient (Wildman–Crippen LogP) is 2.13. The van der Waals surface area contributed by atoms with Gasteiger partial charge in [-0.2, -0.15) is 0 Å². The summed E-state index contributed by atoms with van der Waals surface area (Å²) in [7, 11) is 0. The molecule has 0 atom stereocenters. The highest BCUT2D eigenvalue weighted by molar-refractivity contribution is 5.82. The zero-order chi connectivity index (χ0) is 22.0. The van der Waals surface area contributed by atoms with Crippen LogP contribution in [0.3, 0.4) is 0 Å². The summed E-state index contributed by atoms with van der Waals surface area (Å²) in [5, 5.41) is 19.3. The van der Waals surface area contributed by atoms with Gasteiger partial charge in [-0.1, -0.05) is 17.3 Å². The number of aromatic nitrogens is 5. The van der Waals surface area contributed by atoms with Crippen molar-refractivity contribution in [2.45, 2.75) is 26.9 Å². The number of benzene rings is 1. The molecule has 9 nitrogen and oxygen atoms in total. The Morgan fingerprint density at radius 3 is 2.61 bits per heavy atom. The molecule has 3 aromatic rings. The number of nitrogens with zero attached hydrogens (tertiary/aromatic N) is 6. The Hall–Kier alpha value is -3.63. The number of anilines is 1. The maximum Gasteiger partial charge on any atom is 0.263 e. The Bertz CT molecular complexity index is 1090. The number of nitrogens with one attached hydrogen (secondary N) is 1. The first-order valence-electron chi connectivity index (χ1n) is 9.71. The SMILES string of the molecule is Cc1cc(N2CCNC(=O)C2)nnc1OCc1c(C)nnn1-c1ccc(C(F)F)cc1. The van der Waals surface area contributed by atoms with Crippen LogP contribution in [-0.4, -0.2) is 50.7 Å². The largest absolute Gasteiger partial charge is 0.470 e. The molecular formula is C20H21F2N7O2. The number of carbonyl (C=O) groups is 1. The quantitative estimate of drug-likeness (QED) is 0.641. The van der Waals surface area contributed by atoms with E-state index in [-0.39, 0.29) is 24.6 Å². The predicted molar refractivity (Wildman–Crippen MR) is 107 cm³/mol. The first-order chi connectivity index (χ1) is 14.9. The van der Waals surface area contributed by atoms with Crippen molar-refractivity contribution in [3.8, 4) is 11.6 Å². The van der Waals surface area contributed by atoms with E-state index in [4.69, 9.17) is 4.74 Å². The Balaban J connectivity index is 1.49. The third-order valence-electron chi connectivity index (χ3n) is 4.98. The Morgan fingerprint density at radius 2 is 1.94 bits per heavy atom. The van der Waals surface area contributed by atoms with Crippen molar-refractivity contribution < 1.29 is 18.3 Å². The number of hydrogen-bond acceptors (Lipinski definition) is 7. The average Bonchev–Trinajstić information content (AvgIpc) is 3.13. The van der Waals surface area contributed by atoms with Gasteiger partial charge in [0.2, 0.25) is 11.8 Å². The van der Waals surface area contributed by atoms with Crippen LogP contribution >= 0.6 is 0 Å². The fourth-order valence-corrected chi connectivity index (χ4v) is 3.24.